The number of methoxy groups -OCH3 is 2. The molecule has 150 valence electrons. The number of aliphatic hydroxyl groups is 1. The average Bonchev–Trinajstić information content (AvgIpc) is 3.26. The third-order valence-corrected chi connectivity index (χ3v) is 5.02. The van der Waals surface area contributed by atoms with E-state index in [-0.39, 0.29) is 24.6 Å². The van der Waals surface area contributed by atoms with E-state index in [9.17, 15) is 9.90 Å². The number of Topliss-reactive ketones (excluding diaryl/α,β-unsaturated/α-hetero) is 1. The number of ether oxygens (including phenoxy) is 2. The maximum Gasteiger partial charge on any atom is 0.193 e. The Morgan fingerprint density at radius 2 is 1.86 bits per heavy atom. The molecule has 29 heavy (non-hydrogen) atoms. The first-order valence-corrected chi connectivity index (χ1v) is 9.19. The van der Waals surface area contributed by atoms with Crippen LogP contribution in [0.1, 0.15) is 12.2 Å². The molecule has 0 bridgehead atoms. The summed E-state index contributed by atoms with van der Waals surface area (Å²) in [6, 6.07) is 12.2. The Labute approximate surface area is 167 Å². The highest BCUT2D eigenvalue weighted by Crippen LogP contribution is 2.38. The number of carbonyl (C=O) groups excluding carboxylic acids is 1. The topological polar surface area (TPSA) is 114 Å². The van der Waals surface area contributed by atoms with Crippen LogP contribution in [0.4, 0.5) is 5.69 Å². The van der Waals surface area contributed by atoms with Crippen molar-refractivity contribution in [1.82, 2.24) is 9.97 Å². The third kappa shape index (κ3) is 3.17. The molecule has 1 aromatic heterocycles. The molecule has 0 unspecified atom stereocenters. The number of aliphatic hydroxyl groups excluding tert-OH is 1. The third-order valence-electron chi connectivity index (χ3n) is 5.02. The Kier molecular flexibility index (Phi) is 4.85. The predicted molar refractivity (Wildman–Crippen MR) is 110 cm³/mol. The van der Waals surface area contributed by atoms with Gasteiger partial charge in [0.05, 0.1) is 30.9 Å². The molecule has 0 spiro atoms. The van der Waals surface area contributed by atoms with Crippen LogP contribution in [-0.2, 0) is 4.79 Å². The van der Waals surface area contributed by atoms with E-state index >= 15 is 0 Å². The lowest BCUT2D eigenvalue weighted by molar-refractivity contribution is -0.114. The van der Waals surface area contributed by atoms with Crippen molar-refractivity contribution in [3.63, 3.8) is 0 Å². The molecule has 8 nitrogen and oxygen atoms in total. The van der Waals surface area contributed by atoms with Crippen LogP contribution in [0, 0.1) is 0 Å². The van der Waals surface area contributed by atoms with E-state index in [1.54, 1.807) is 37.3 Å². The van der Waals surface area contributed by atoms with Gasteiger partial charge in [0.15, 0.2) is 5.78 Å². The Morgan fingerprint density at radius 1 is 1.17 bits per heavy atom. The van der Waals surface area contributed by atoms with Crippen molar-refractivity contribution in [2.75, 3.05) is 25.7 Å². The smallest absolute Gasteiger partial charge is 0.193 e. The number of fused-ring (bicyclic) bond motifs is 1. The molecular weight excluding hydrogens is 372 g/mol. The number of H-pyrrole nitrogens is 1. The first kappa shape index (κ1) is 18.8. The number of benzene rings is 2. The molecule has 0 amide bonds. The molecule has 4 rings (SSSR count). The highest BCUT2D eigenvalue weighted by atomic mass is 16.5. The number of para-hydroxylation sites is 2. The predicted octanol–water partition coefficient (Wildman–Crippen LogP) is 2.05. The summed E-state index contributed by atoms with van der Waals surface area (Å²) in [4.78, 5) is 22.7. The summed E-state index contributed by atoms with van der Waals surface area (Å²) < 4.78 is 10.7. The summed E-state index contributed by atoms with van der Waals surface area (Å²) in [7, 11) is 3.11. The summed E-state index contributed by atoms with van der Waals surface area (Å²) in [5.41, 5.74) is 8.97. The summed E-state index contributed by atoms with van der Waals surface area (Å²) in [5.74, 6) is 1.62. The van der Waals surface area contributed by atoms with Crippen LogP contribution in [0.25, 0.3) is 16.6 Å². The van der Waals surface area contributed by atoms with Crippen LogP contribution in [0.5, 0.6) is 11.5 Å². The Bertz CT molecular complexity index is 1050. The van der Waals surface area contributed by atoms with Crippen molar-refractivity contribution in [3.8, 4) is 11.5 Å². The average molecular weight is 394 g/mol. The molecule has 2 heterocycles. The van der Waals surface area contributed by atoms with E-state index in [1.165, 1.54) is 0 Å². The number of anilines is 1. The number of nitrogens with zero attached hydrogens (tertiary/aromatic N) is 2. The minimum absolute atomic E-state index is 0.158. The Balaban J connectivity index is 1.86. The summed E-state index contributed by atoms with van der Waals surface area (Å²) in [6.07, 6.45) is 0.225. The van der Waals surface area contributed by atoms with Crippen molar-refractivity contribution in [3.05, 3.63) is 54.1 Å². The van der Waals surface area contributed by atoms with Gasteiger partial charge >= 0.3 is 0 Å². The zero-order chi connectivity index (χ0) is 20.5. The number of nitrogens with two attached hydrogens (primary N) is 1. The van der Waals surface area contributed by atoms with Gasteiger partial charge in [-0.25, -0.2) is 4.98 Å². The van der Waals surface area contributed by atoms with Gasteiger partial charge in [0.25, 0.3) is 0 Å². The van der Waals surface area contributed by atoms with Crippen LogP contribution >= 0.6 is 0 Å². The van der Waals surface area contributed by atoms with Crippen molar-refractivity contribution >= 4 is 28.1 Å². The molecular formula is C21H22N4O4. The molecule has 0 fully saturated rings. The highest BCUT2D eigenvalue weighted by molar-refractivity contribution is 6.27. The van der Waals surface area contributed by atoms with Gasteiger partial charge in [0.1, 0.15) is 34.8 Å². The fourth-order valence-electron chi connectivity index (χ4n) is 3.64. The monoisotopic (exact) mass is 394 g/mol. The SMILES string of the molecule is COc1cc(OC)cc(N2C(N)=C(c3nc4ccccc4[nH]3)C(=O)[C@H]2CCO)c1. The standard InChI is InChI=1S/C21H22N4O4/c1-28-13-9-12(10-14(11-13)29-2)25-17(7-8-26)19(27)18(20(25)22)21-23-15-5-3-4-6-16(15)24-21/h3-6,9-11,17,26H,7-8,22H2,1-2H3,(H,23,24)/t17-/m1/s1. The van der Waals surface area contributed by atoms with Gasteiger partial charge in [-0.05, 0) is 18.6 Å². The fraction of sp³-hybridized carbons (Fsp3) is 0.238. The molecule has 8 heteroatoms. The summed E-state index contributed by atoms with van der Waals surface area (Å²) >= 11 is 0. The van der Waals surface area contributed by atoms with Gasteiger partial charge < -0.3 is 30.2 Å². The number of carbonyl (C=O) groups is 1. The molecule has 0 saturated heterocycles. The Hall–Kier alpha value is -3.52. The van der Waals surface area contributed by atoms with Crippen LogP contribution in [0.2, 0.25) is 0 Å². The minimum Gasteiger partial charge on any atom is -0.497 e. The largest absolute Gasteiger partial charge is 0.497 e. The maximum absolute atomic E-state index is 13.3. The van der Waals surface area contributed by atoms with Gasteiger partial charge in [0, 0.05) is 24.8 Å². The Morgan fingerprint density at radius 3 is 2.48 bits per heavy atom. The van der Waals surface area contributed by atoms with Gasteiger partial charge in [0.2, 0.25) is 0 Å². The summed E-state index contributed by atoms with van der Waals surface area (Å²) in [5, 5.41) is 9.56. The molecule has 2 aromatic carbocycles. The van der Waals surface area contributed by atoms with E-state index in [1.807, 2.05) is 24.3 Å². The quantitative estimate of drug-likeness (QED) is 0.586. The molecule has 4 N–H and O–H groups in total. The lowest BCUT2D eigenvalue weighted by atomic mass is 10.1. The molecule has 1 aliphatic heterocycles. The maximum atomic E-state index is 13.3. The van der Waals surface area contributed by atoms with Crippen molar-refractivity contribution in [2.24, 2.45) is 5.73 Å². The number of hydrogen-bond acceptors (Lipinski definition) is 7. The van der Waals surface area contributed by atoms with Gasteiger partial charge in [-0.3, -0.25) is 4.79 Å². The number of rotatable bonds is 6. The number of aromatic amines is 1. The first-order chi connectivity index (χ1) is 14.1. The highest BCUT2D eigenvalue weighted by Gasteiger charge is 2.41. The van der Waals surface area contributed by atoms with Crippen molar-refractivity contribution in [1.29, 1.82) is 0 Å². The number of ketones is 1. The van der Waals surface area contributed by atoms with E-state index < -0.39 is 6.04 Å². The number of hydrogen-bond donors (Lipinski definition) is 3. The van der Waals surface area contributed by atoms with Crippen LogP contribution in [0.3, 0.4) is 0 Å². The zero-order valence-corrected chi connectivity index (χ0v) is 16.2. The molecule has 1 aliphatic rings. The number of imidazole rings is 1. The minimum atomic E-state index is -0.653. The van der Waals surface area contributed by atoms with Gasteiger partial charge in [-0.15, -0.1) is 0 Å². The number of aromatic nitrogens is 2. The molecule has 1 atom stereocenters. The molecule has 0 radical (unpaired) electrons. The van der Waals surface area contributed by atoms with E-state index in [4.69, 9.17) is 15.2 Å². The van der Waals surface area contributed by atoms with Crippen LogP contribution < -0.4 is 20.1 Å². The van der Waals surface area contributed by atoms with Crippen LogP contribution in [0.15, 0.2) is 48.3 Å². The summed E-state index contributed by atoms with van der Waals surface area (Å²) in [6.45, 7) is -0.158. The lowest BCUT2D eigenvalue weighted by Gasteiger charge is -2.27. The van der Waals surface area contributed by atoms with Gasteiger partial charge in [-0.2, -0.15) is 0 Å². The molecule has 0 saturated carbocycles. The van der Waals surface area contributed by atoms with Crippen molar-refractivity contribution in [2.45, 2.75) is 12.5 Å². The fourth-order valence-corrected chi connectivity index (χ4v) is 3.64. The normalized spacial score (nSPS) is 16.7. The second kappa shape index (κ2) is 7.48. The second-order valence-corrected chi connectivity index (χ2v) is 6.70. The zero-order valence-electron chi connectivity index (χ0n) is 16.2. The van der Waals surface area contributed by atoms with Crippen molar-refractivity contribution < 1.29 is 19.4 Å². The second-order valence-electron chi connectivity index (χ2n) is 6.70. The lowest BCUT2D eigenvalue weighted by Crippen LogP contribution is -2.37. The molecule has 3 aromatic rings. The van der Waals surface area contributed by atoms with E-state index in [0.717, 1.165) is 11.0 Å². The molecule has 0 aliphatic carbocycles. The number of nitrogens with one attached hydrogen (secondary N) is 1. The van der Waals surface area contributed by atoms with E-state index in [0.29, 0.717) is 28.6 Å². The van der Waals surface area contributed by atoms with Crippen LogP contribution in [-0.4, -0.2) is 47.7 Å². The van der Waals surface area contributed by atoms with Gasteiger partial charge in [-0.1, -0.05) is 12.1 Å². The van der Waals surface area contributed by atoms with E-state index in [2.05, 4.69) is 9.97 Å². The first-order valence-electron chi connectivity index (χ1n) is 9.19.